The van der Waals surface area contributed by atoms with E-state index >= 15 is 0 Å². The molecule has 0 aromatic carbocycles. The van der Waals surface area contributed by atoms with Crippen LogP contribution in [0.25, 0.3) is 0 Å². The quantitative estimate of drug-likeness (QED) is 0.0263. The zero-order chi connectivity index (χ0) is 30.6. The highest BCUT2D eigenvalue weighted by Crippen LogP contribution is 2.20. The summed E-state index contributed by atoms with van der Waals surface area (Å²) in [6.07, 6.45) is 21.2. The van der Waals surface area contributed by atoms with Crippen molar-refractivity contribution in [2.75, 3.05) is 26.7 Å². The standard InChI is InChI=1S/C31H58N4O6/c1-4-6-8-10-11-12-16-25-41-30(36)21-15-14-18-27(19-17-23-34-29(32-3)26-35(39)40)22-24-33-28(31(37)38)20-13-9-7-5-2/h12,16,26-28,32-34H,4-11,13-15,17-25H2,1-3H3,(H,37,38)/b16-12-,29-26?. The predicted molar refractivity (Wildman–Crippen MR) is 165 cm³/mol. The Morgan fingerprint density at radius 3 is 2.22 bits per heavy atom. The summed E-state index contributed by atoms with van der Waals surface area (Å²) < 4.78 is 5.32. The number of hydrogen-bond donors (Lipinski definition) is 4. The Balaban J connectivity index is 4.56. The molecule has 0 fully saturated rings. The fourth-order valence-electron chi connectivity index (χ4n) is 4.69. The Kier molecular flexibility index (Phi) is 25.8. The van der Waals surface area contributed by atoms with Crippen LogP contribution in [0.15, 0.2) is 24.2 Å². The van der Waals surface area contributed by atoms with E-state index in [1.165, 1.54) is 25.7 Å². The molecule has 238 valence electrons. The minimum absolute atomic E-state index is 0.174. The number of esters is 1. The highest BCUT2D eigenvalue weighted by Gasteiger charge is 2.17. The molecule has 0 aliphatic rings. The average Bonchev–Trinajstić information content (AvgIpc) is 2.94. The Morgan fingerprint density at radius 2 is 1.56 bits per heavy atom. The lowest BCUT2D eigenvalue weighted by atomic mass is 9.92. The fraction of sp³-hybridized carbons (Fsp3) is 0.806. The third kappa shape index (κ3) is 24.9. The number of ether oxygens (including phenoxy) is 1. The SMILES string of the molecule is CCCCCC/C=C\COC(=O)CCCCC(CCCNC(=C[N+](=O)[O-])NC)CCNC(CCCCCC)C(=O)O. The van der Waals surface area contributed by atoms with Crippen molar-refractivity contribution in [3.8, 4) is 0 Å². The zero-order valence-corrected chi connectivity index (χ0v) is 26.0. The molecule has 0 aromatic rings. The maximum atomic E-state index is 12.1. The molecule has 0 amide bonds. The number of rotatable bonds is 29. The van der Waals surface area contributed by atoms with Crippen LogP contribution in [0.3, 0.4) is 0 Å². The van der Waals surface area contributed by atoms with Crippen molar-refractivity contribution in [2.45, 2.75) is 129 Å². The van der Waals surface area contributed by atoms with Gasteiger partial charge in [0.25, 0.3) is 6.20 Å². The van der Waals surface area contributed by atoms with Crippen LogP contribution in [-0.4, -0.2) is 54.8 Å². The number of unbranched alkanes of at least 4 members (excludes halogenated alkanes) is 8. The van der Waals surface area contributed by atoms with E-state index in [1.807, 2.05) is 6.08 Å². The third-order valence-corrected chi connectivity index (χ3v) is 7.17. The molecule has 0 aromatic heterocycles. The lowest BCUT2D eigenvalue weighted by Gasteiger charge is -2.20. The summed E-state index contributed by atoms with van der Waals surface area (Å²) in [6.45, 7) is 5.88. The minimum atomic E-state index is -0.802. The maximum absolute atomic E-state index is 12.1. The molecule has 0 saturated carbocycles. The van der Waals surface area contributed by atoms with Gasteiger partial charge in [-0.05, 0) is 57.4 Å². The van der Waals surface area contributed by atoms with Gasteiger partial charge < -0.3 is 25.8 Å². The zero-order valence-electron chi connectivity index (χ0n) is 26.0. The number of carbonyl (C=O) groups is 2. The molecule has 41 heavy (non-hydrogen) atoms. The fourth-order valence-corrected chi connectivity index (χ4v) is 4.69. The van der Waals surface area contributed by atoms with Gasteiger partial charge in [0, 0.05) is 20.0 Å². The Bertz CT molecular complexity index is 744. The highest BCUT2D eigenvalue weighted by molar-refractivity contribution is 5.73. The van der Waals surface area contributed by atoms with Crippen molar-refractivity contribution in [3.05, 3.63) is 34.3 Å². The summed E-state index contributed by atoms with van der Waals surface area (Å²) in [5.41, 5.74) is 0. The van der Waals surface area contributed by atoms with Crippen LogP contribution in [0, 0.1) is 16.0 Å². The third-order valence-electron chi connectivity index (χ3n) is 7.17. The lowest BCUT2D eigenvalue weighted by molar-refractivity contribution is -0.404. The summed E-state index contributed by atoms with van der Waals surface area (Å²) in [6, 6.07) is -0.528. The van der Waals surface area contributed by atoms with Gasteiger partial charge in [-0.3, -0.25) is 19.7 Å². The van der Waals surface area contributed by atoms with Crippen LogP contribution in [0.5, 0.6) is 0 Å². The smallest absolute Gasteiger partial charge is 0.320 e. The van der Waals surface area contributed by atoms with Crippen LogP contribution < -0.4 is 16.0 Å². The molecule has 4 N–H and O–H groups in total. The van der Waals surface area contributed by atoms with E-state index in [-0.39, 0.29) is 5.97 Å². The molecule has 0 radical (unpaired) electrons. The van der Waals surface area contributed by atoms with Crippen molar-refractivity contribution in [1.82, 2.24) is 16.0 Å². The number of nitro groups is 1. The van der Waals surface area contributed by atoms with E-state index in [4.69, 9.17) is 4.74 Å². The van der Waals surface area contributed by atoms with E-state index in [2.05, 4.69) is 35.9 Å². The topological polar surface area (TPSA) is 143 Å². The van der Waals surface area contributed by atoms with E-state index in [0.717, 1.165) is 76.8 Å². The van der Waals surface area contributed by atoms with Crippen LogP contribution in [0.4, 0.5) is 0 Å². The molecule has 0 aliphatic heterocycles. The molecule has 2 unspecified atom stereocenters. The molecule has 0 bridgehead atoms. The van der Waals surface area contributed by atoms with Gasteiger partial charge in [-0.25, -0.2) is 0 Å². The van der Waals surface area contributed by atoms with Crippen LogP contribution in [-0.2, 0) is 14.3 Å². The molecular formula is C31H58N4O6. The number of nitrogens with zero attached hydrogens (tertiary/aromatic N) is 1. The van der Waals surface area contributed by atoms with Gasteiger partial charge >= 0.3 is 11.9 Å². The van der Waals surface area contributed by atoms with Crippen LogP contribution >= 0.6 is 0 Å². The molecule has 0 spiro atoms. The van der Waals surface area contributed by atoms with E-state index in [1.54, 1.807) is 7.05 Å². The summed E-state index contributed by atoms with van der Waals surface area (Å²) in [7, 11) is 1.63. The highest BCUT2D eigenvalue weighted by atomic mass is 16.6. The van der Waals surface area contributed by atoms with Gasteiger partial charge in [0.15, 0.2) is 5.82 Å². The van der Waals surface area contributed by atoms with Gasteiger partial charge in [0.05, 0.1) is 4.92 Å². The first-order valence-electron chi connectivity index (χ1n) is 15.9. The van der Waals surface area contributed by atoms with E-state index in [9.17, 15) is 24.8 Å². The maximum Gasteiger partial charge on any atom is 0.320 e. The Morgan fingerprint density at radius 1 is 0.878 bits per heavy atom. The summed E-state index contributed by atoms with van der Waals surface area (Å²) >= 11 is 0. The van der Waals surface area contributed by atoms with Crippen LogP contribution in [0.2, 0.25) is 0 Å². The molecular weight excluding hydrogens is 524 g/mol. The van der Waals surface area contributed by atoms with Crippen molar-refractivity contribution in [1.29, 1.82) is 0 Å². The molecule has 0 rings (SSSR count). The number of hydrogen-bond acceptors (Lipinski definition) is 8. The monoisotopic (exact) mass is 582 g/mol. The number of carbonyl (C=O) groups excluding carboxylic acids is 1. The predicted octanol–water partition coefficient (Wildman–Crippen LogP) is 6.30. The van der Waals surface area contributed by atoms with Crippen molar-refractivity contribution >= 4 is 11.9 Å². The number of allylic oxidation sites excluding steroid dienone is 1. The van der Waals surface area contributed by atoms with Gasteiger partial charge in [-0.1, -0.05) is 83.8 Å². The Labute approximate surface area is 248 Å². The van der Waals surface area contributed by atoms with Crippen LogP contribution in [0.1, 0.15) is 123 Å². The van der Waals surface area contributed by atoms with Crippen molar-refractivity contribution in [3.63, 3.8) is 0 Å². The largest absolute Gasteiger partial charge is 0.480 e. The second kappa shape index (κ2) is 27.5. The first-order chi connectivity index (χ1) is 19.8. The van der Waals surface area contributed by atoms with Crippen molar-refractivity contribution in [2.24, 2.45) is 5.92 Å². The number of aliphatic carboxylic acids is 1. The molecule has 0 saturated heterocycles. The van der Waals surface area contributed by atoms with E-state index in [0.29, 0.717) is 44.3 Å². The second-order valence-electron chi connectivity index (χ2n) is 10.7. The van der Waals surface area contributed by atoms with Gasteiger partial charge in [-0.15, -0.1) is 0 Å². The number of nitrogens with one attached hydrogen (secondary N) is 3. The Hall–Kier alpha value is -2.62. The van der Waals surface area contributed by atoms with E-state index < -0.39 is 16.9 Å². The van der Waals surface area contributed by atoms with Gasteiger partial charge in [-0.2, -0.15) is 0 Å². The lowest BCUT2D eigenvalue weighted by Crippen LogP contribution is -2.37. The van der Waals surface area contributed by atoms with Gasteiger partial charge in [0.1, 0.15) is 12.6 Å². The van der Waals surface area contributed by atoms with Crippen molar-refractivity contribution < 1.29 is 24.4 Å². The van der Waals surface area contributed by atoms with Gasteiger partial charge in [0.2, 0.25) is 0 Å². The molecule has 0 heterocycles. The molecule has 0 aliphatic carbocycles. The second-order valence-corrected chi connectivity index (χ2v) is 10.7. The minimum Gasteiger partial charge on any atom is -0.480 e. The molecule has 2 atom stereocenters. The summed E-state index contributed by atoms with van der Waals surface area (Å²) in [5.74, 6) is -0.245. The molecule has 10 heteroatoms. The average molecular weight is 583 g/mol. The summed E-state index contributed by atoms with van der Waals surface area (Å²) in [4.78, 5) is 34.0. The number of carboxylic acid groups (broad SMARTS) is 1. The first-order valence-corrected chi connectivity index (χ1v) is 15.9. The normalized spacial score (nSPS) is 13.2. The number of carboxylic acids is 1. The molecule has 10 nitrogen and oxygen atoms in total. The first kappa shape index (κ1) is 38.4. The summed E-state index contributed by atoms with van der Waals surface area (Å²) in [5, 5.41) is 29.4.